The van der Waals surface area contributed by atoms with Crippen LogP contribution in [0.4, 0.5) is 4.39 Å². The maximum atomic E-state index is 14.2. The lowest BCUT2D eigenvalue weighted by Gasteiger charge is -2.27. The summed E-state index contributed by atoms with van der Waals surface area (Å²) in [7, 11) is 0. The first kappa shape index (κ1) is 16.8. The predicted octanol–water partition coefficient (Wildman–Crippen LogP) is 5.22. The number of benzene rings is 1. The molecule has 0 aromatic heterocycles. The van der Waals surface area contributed by atoms with E-state index in [4.69, 9.17) is 11.6 Å². The third-order valence-corrected chi connectivity index (χ3v) is 4.91. The minimum absolute atomic E-state index is 0.223. The first-order valence-corrected chi connectivity index (χ1v) is 8.62. The summed E-state index contributed by atoms with van der Waals surface area (Å²) >= 11 is 5.92. The zero-order chi connectivity index (χ0) is 15.2. The minimum Gasteiger partial charge on any atom is -0.314 e. The van der Waals surface area contributed by atoms with Crippen molar-refractivity contribution in [2.75, 3.05) is 6.54 Å². The van der Waals surface area contributed by atoms with Crippen molar-refractivity contribution in [1.82, 2.24) is 5.32 Å². The summed E-state index contributed by atoms with van der Waals surface area (Å²) in [4.78, 5) is 0. The molecule has 0 radical (unpaired) electrons. The topological polar surface area (TPSA) is 12.0 Å². The summed E-state index contributed by atoms with van der Waals surface area (Å²) in [5.74, 6) is 0.985. The van der Waals surface area contributed by atoms with E-state index in [9.17, 15) is 4.39 Å². The second-order valence-electron chi connectivity index (χ2n) is 6.64. The molecule has 0 amide bonds. The second-order valence-corrected chi connectivity index (χ2v) is 7.05. The molecule has 118 valence electrons. The summed E-state index contributed by atoms with van der Waals surface area (Å²) < 4.78 is 14.2. The number of hydrogen-bond acceptors (Lipinski definition) is 1. The zero-order valence-electron chi connectivity index (χ0n) is 13.2. The van der Waals surface area contributed by atoms with Crippen LogP contribution in [0.15, 0.2) is 18.2 Å². The summed E-state index contributed by atoms with van der Waals surface area (Å²) in [6.07, 6.45) is 7.16. The number of halogens is 2. The maximum absolute atomic E-state index is 14.2. The van der Waals surface area contributed by atoms with E-state index in [1.807, 2.05) is 12.1 Å². The highest BCUT2D eigenvalue weighted by Gasteiger charge is 2.25. The van der Waals surface area contributed by atoms with Crippen molar-refractivity contribution < 1.29 is 4.39 Å². The van der Waals surface area contributed by atoms with E-state index in [0.29, 0.717) is 17.9 Å². The van der Waals surface area contributed by atoms with E-state index in [1.54, 1.807) is 6.07 Å². The molecule has 1 aromatic rings. The van der Waals surface area contributed by atoms with Gasteiger partial charge in [-0.15, -0.1) is 0 Å². The smallest absolute Gasteiger partial charge is 0.144 e. The molecule has 21 heavy (non-hydrogen) atoms. The summed E-state index contributed by atoms with van der Waals surface area (Å²) in [5.41, 5.74) is 0.781. The first-order chi connectivity index (χ1) is 10.1. The average Bonchev–Trinajstić information content (AvgIpc) is 2.67. The molecule has 1 aliphatic carbocycles. The Hall–Kier alpha value is -0.600. The van der Waals surface area contributed by atoms with Crippen LogP contribution in [-0.2, 0) is 6.42 Å². The Morgan fingerprint density at radius 2 is 1.90 bits per heavy atom. The molecule has 1 aliphatic rings. The van der Waals surface area contributed by atoms with E-state index in [1.165, 1.54) is 32.1 Å². The van der Waals surface area contributed by atoms with Crippen LogP contribution in [-0.4, -0.2) is 12.6 Å². The van der Waals surface area contributed by atoms with Gasteiger partial charge in [-0.25, -0.2) is 4.39 Å². The van der Waals surface area contributed by atoms with Crippen LogP contribution in [0.5, 0.6) is 0 Å². The van der Waals surface area contributed by atoms with Crippen LogP contribution in [0.3, 0.4) is 0 Å². The van der Waals surface area contributed by atoms with E-state index in [2.05, 4.69) is 19.2 Å². The quantitative estimate of drug-likeness (QED) is 0.735. The van der Waals surface area contributed by atoms with Gasteiger partial charge >= 0.3 is 0 Å². The van der Waals surface area contributed by atoms with Gasteiger partial charge in [-0.1, -0.05) is 56.8 Å². The summed E-state index contributed by atoms with van der Waals surface area (Å²) in [6, 6.07) is 5.89. The molecule has 2 rings (SSSR count). The van der Waals surface area contributed by atoms with E-state index in [0.717, 1.165) is 18.5 Å². The molecule has 2 unspecified atom stereocenters. The van der Waals surface area contributed by atoms with E-state index >= 15 is 0 Å². The molecule has 1 saturated carbocycles. The van der Waals surface area contributed by atoms with Gasteiger partial charge in [0.15, 0.2) is 0 Å². The molecule has 1 nitrogen and oxygen atoms in total. The highest BCUT2D eigenvalue weighted by molar-refractivity contribution is 6.30. The Kier molecular flexibility index (Phi) is 6.50. The Labute approximate surface area is 133 Å². The Balaban J connectivity index is 2.07. The van der Waals surface area contributed by atoms with Crippen molar-refractivity contribution in [3.63, 3.8) is 0 Å². The van der Waals surface area contributed by atoms with Crippen LogP contribution >= 0.6 is 11.6 Å². The lowest BCUT2D eigenvalue weighted by atomic mass is 9.83. The lowest BCUT2D eigenvalue weighted by molar-refractivity contribution is 0.289. The number of hydrogen-bond donors (Lipinski definition) is 1. The fourth-order valence-corrected chi connectivity index (χ4v) is 3.57. The SMILES string of the molecule is CC(C)NCC1CCCCCC1Cc1cccc(Cl)c1F. The highest BCUT2D eigenvalue weighted by Crippen LogP contribution is 2.32. The van der Waals surface area contributed by atoms with Crippen LogP contribution in [0.25, 0.3) is 0 Å². The molecule has 0 saturated heterocycles. The van der Waals surface area contributed by atoms with Gasteiger partial charge in [0.05, 0.1) is 5.02 Å². The third-order valence-electron chi connectivity index (χ3n) is 4.62. The molecule has 0 aliphatic heterocycles. The van der Waals surface area contributed by atoms with Crippen LogP contribution in [0.2, 0.25) is 5.02 Å². The molecule has 3 heteroatoms. The highest BCUT2D eigenvalue weighted by atomic mass is 35.5. The fraction of sp³-hybridized carbons (Fsp3) is 0.667. The molecular formula is C18H27ClFN. The molecule has 1 fully saturated rings. The molecule has 2 atom stereocenters. The predicted molar refractivity (Wildman–Crippen MR) is 88.3 cm³/mol. The Morgan fingerprint density at radius 3 is 2.62 bits per heavy atom. The molecule has 0 spiro atoms. The van der Waals surface area contributed by atoms with Crippen molar-refractivity contribution >= 4 is 11.6 Å². The van der Waals surface area contributed by atoms with Gasteiger partial charge < -0.3 is 5.32 Å². The molecule has 0 heterocycles. The van der Waals surface area contributed by atoms with E-state index in [-0.39, 0.29) is 10.8 Å². The summed E-state index contributed by atoms with van der Waals surface area (Å²) in [6.45, 7) is 5.41. The molecule has 1 N–H and O–H groups in total. The Morgan fingerprint density at radius 1 is 1.19 bits per heavy atom. The van der Waals surface area contributed by atoms with Gasteiger partial charge in [-0.2, -0.15) is 0 Å². The third kappa shape index (κ3) is 4.96. The molecule has 0 bridgehead atoms. The fourth-order valence-electron chi connectivity index (χ4n) is 3.37. The summed E-state index contributed by atoms with van der Waals surface area (Å²) in [5, 5.41) is 3.81. The van der Waals surface area contributed by atoms with Gasteiger partial charge in [0.2, 0.25) is 0 Å². The van der Waals surface area contributed by atoms with Crippen molar-refractivity contribution in [2.24, 2.45) is 11.8 Å². The van der Waals surface area contributed by atoms with Gasteiger partial charge in [0, 0.05) is 6.04 Å². The monoisotopic (exact) mass is 311 g/mol. The van der Waals surface area contributed by atoms with Gasteiger partial charge in [-0.05, 0) is 49.3 Å². The van der Waals surface area contributed by atoms with Gasteiger partial charge in [0.25, 0.3) is 0 Å². The minimum atomic E-state index is -0.223. The van der Waals surface area contributed by atoms with Crippen LogP contribution in [0.1, 0.15) is 51.5 Å². The van der Waals surface area contributed by atoms with Crippen LogP contribution < -0.4 is 5.32 Å². The Bertz CT molecular complexity index is 447. The standard InChI is InChI=1S/C18H27ClFN/c1-13(2)21-12-16-8-5-3-4-7-14(16)11-15-9-6-10-17(19)18(15)20/h6,9-10,13-14,16,21H,3-5,7-8,11-12H2,1-2H3. The largest absolute Gasteiger partial charge is 0.314 e. The van der Waals surface area contributed by atoms with Gasteiger partial charge in [-0.3, -0.25) is 0 Å². The zero-order valence-corrected chi connectivity index (χ0v) is 13.9. The van der Waals surface area contributed by atoms with Crippen molar-refractivity contribution in [3.8, 4) is 0 Å². The lowest BCUT2D eigenvalue weighted by Crippen LogP contribution is -2.33. The van der Waals surface area contributed by atoms with Crippen LogP contribution in [0, 0.1) is 17.7 Å². The van der Waals surface area contributed by atoms with Crippen molar-refractivity contribution in [1.29, 1.82) is 0 Å². The van der Waals surface area contributed by atoms with Gasteiger partial charge in [0.1, 0.15) is 5.82 Å². The van der Waals surface area contributed by atoms with Crippen molar-refractivity contribution in [2.45, 2.75) is 58.4 Å². The number of rotatable bonds is 5. The second kappa shape index (κ2) is 8.14. The molecular weight excluding hydrogens is 285 g/mol. The van der Waals surface area contributed by atoms with Crippen molar-refractivity contribution in [3.05, 3.63) is 34.6 Å². The maximum Gasteiger partial charge on any atom is 0.144 e. The first-order valence-electron chi connectivity index (χ1n) is 8.24. The van der Waals surface area contributed by atoms with E-state index < -0.39 is 0 Å². The molecule has 1 aromatic carbocycles. The average molecular weight is 312 g/mol. The number of nitrogens with one attached hydrogen (secondary N) is 1. The normalized spacial score (nSPS) is 23.3.